The number of nitrogens with zero attached hydrogens (tertiary/aromatic N) is 4. The van der Waals surface area contributed by atoms with Crippen LogP contribution in [-0.4, -0.2) is 57.3 Å². The maximum Gasteiger partial charge on any atom is 0.519 e. The average Bonchev–Trinajstić information content (AvgIpc) is 3.61. The van der Waals surface area contributed by atoms with Crippen molar-refractivity contribution in [2.45, 2.75) is 45.3 Å². The monoisotopic (exact) mass is 715 g/mol. The number of imidazole rings is 1. The highest BCUT2D eigenvalue weighted by Gasteiger charge is 2.43. The van der Waals surface area contributed by atoms with Gasteiger partial charge in [0.15, 0.2) is 57.7 Å². The summed E-state index contributed by atoms with van der Waals surface area (Å²) in [5, 5.41) is 0. The molecule has 2 N–H and O–H groups in total. The van der Waals surface area contributed by atoms with Crippen LogP contribution in [0, 0.1) is 30.0 Å². The number of fused-ring (bicyclic) bond motifs is 1. The molecule has 0 radical (unpaired) electrons. The van der Waals surface area contributed by atoms with Crippen molar-refractivity contribution in [2.75, 3.05) is 19.5 Å². The lowest BCUT2D eigenvalue weighted by molar-refractivity contribution is -0.118. The predicted octanol–water partition coefficient (Wildman–Crippen LogP) is 1.82. The van der Waals surface area contributed by atoms with E-state index in [1.54, 1.807) is 0 Å². The third-order valence-corrected chi connectivity index (χ3v) is 6.39. The van der Waals surface area contributed by atoms with Crippen LogP contribution in [0.25, 0.3) is 11.2 Å². The number of aromatic nitrogens is 4. The summed E-state index contributed by atoms with van der Waals surface area (Å²) < 4.78 is 47.1. The molecule has 0 unspecified atom stereocenters. The number of carbonyl (C=O) groups excluding carboxylic acids is 2. The number of ether oxygens (including phenoxy) is 5. The smallest absolute Gasteiger partial charge is 0.430 e. The number of terminal acetylenes is 1. The zero-order valence-corrected chi connectivity index (χ0v) is 24.8. The van der Waals surface area contributed by atoms with Crippen molar-refractivity contribution in [3.63, 3.8) is 0 Å². The molecule has 4 aromatic rings. The summed E-state index contributed by atoms with van der Waals surface area (Å²) in [7, 11) is 1.19. The van der Waals surface area contributed by atoms with Gasteiger partial charge >= 0.3 is 24.0 Å². The van der Waals surface area contributed by atoms with E-state index in [4.69, 9.17) is 53.5 Å². The Kier molecular flexibility index (Phi) is 9.40. The lowest BCUT2D eigenvalue weighted by Gasteiger charge is -2.33. The molecule has 0 bridgehead atoms. The summed E-state index contributed by atoms with van der Waals surface area (Å²) in [4.78, 5) is 60.2. The van der Waals surface area contributed by atoms with E-state index in [1.165, 1.54) is 31.9 Å². The van der Waals surface area contributed by atoms with Crippen LogP contribution in [0.1, 0.15) is 23.0 Å². The zero-order valence-electron chi connectivity index (χ0n) is 22.6. The van der Waals surface area contributed by atoms with E-state index in [-0.39, 0.29) is 46.6 Å². The highest BCUT2D eigenvalue weighted by Crippen LogP contribution is 2.25. The van der Waals surface area contributed by atoms with Gasteiger partial charge in [-0.15, -0.1) is 6.42 Å². The highest BCUT2D eigenvalue weighted by molar-refractivity contribution is 14.1. The number of nitrogens with two attached hydrogens (primary N) is 1. The molecule has 4 rings (SSSR count). The first-order valence-corrected chi connectivity index (χ1v) is 13.0. The Morgan fingerprint density at radius 3 is 2.19 bits per heavy atom. The summed E-state index contributed by atoms with van der Waals surface area (Å²) in [5.74, 6) is 0.620. The molecule has 18 nitrogen and oxygen atoms in total. The number of aryl methyl sites for hydroxylation is 2. The van der Waals surface area contributed by atoms with Gasteiger partial charge in [0, 0.05) is 29.7 Å². The van der Waals surface area contributed by atoms with E-state index < -0.39 is 55.5 Å². The van der Waals surface area contributed by atoms with Crippen molar-refractivity contribution >= 4 is 51.9 Å². The van der Waals surface area contributed by atoms with Crippen LogP contribution < -0.4 is 17.4 Å². The van der Waals surface area contributed by atoms with Gasteiger partial charge in [-0.3, -0.25) is 0 Å². The summed E-state index contributed by atoms with van der Waals surface area (Å²) in [6.45, 7) is 0.925. The summed E-state index contributed by atoms with van der Waals surface area (Å²) in [6, 6.07) is 0. The minimum absolute atomic E-state index is 0.0348. The molecule has 228 valence electrons. The highest BCUT2D eigenvalue weighted by atomic mass is 127. The molecule has 0 spiro atoms. The van der Waals surface area contributed by atoms with Crippen LogP contribution in [0.5, 0.6) is 0 Å². The average molecular weight is 715 g/mol. The van der Waals surface area contributed by atoms with Crippen molar-refractivity contribution in [2.24, 2.45) is 0 Å². The van der Waals surface area contributed by atoms with E-state index in [0.29, 0.717) is 3.83 Å². The van der Waals surface area contributed by atoms with Gasteiger partial charge in [0.25, 0.3) is 0 Å². The van der Waals surface area contributed by atoms with Crippen LogP contribution >= 0.6 is 22.6 Å². The van der Waals surface area contributed by atoms with Crippen molar-refractivity contribution in [3.05, 3.63) is 54.4 Å². The topological polar surface area (TPSA) is 237 Å². The first-order valence-electron chi connectivity index (χ1n) is 11.9. The summed E-state index contributed by atoms with van der Waals surface area (Å²) in [6.07, 6.45) is 3.25. The van der Waals surface area contributed by atoms with E-state index in [0.717, 1.165) is 0 Å². The molecule has 0 aromatic carbocycles. The first-order chi connectivity index (χ1) is 20.4. The Hall–Kier alpha value is -4.84. The molecule has 19 heteroatoms. The van der Waals surface area contributed by atoms with E-state index >= 15 is 0 Å². The second kappa shape index (κ2) is 13.0. The number of hydrogen-bond donors (Lipinski definition) is 1. The zero-order chi connectivity index (χ0) is 31.3. The van der Waals surface area contributed by atoms with E-state index in [1.807, 2.05) is 22.6 Å². The number of nitrogen functional groups attached to an aromatic ring is 1. The summed E-state index contributed by atoms with van der Waals surface area (Å²) in [5.41, 5.74) is 4.56. The Balaban J connectivity index is 1.56. The fourth-order valence-electron chi connectivity index (χ4n) is 3.63. The van der Waals surface area contributed by atoms with Crippen LogP contribution in [0.15, 0.2) is 33.6 Å². The van der Waals surface area contributed by atoms with Crippen molar-refractivity contribution in [3.8, 4) is 12.3 Å². The minimum Gasteiger partial charge on any atom is -0.430 e. The SMILES string of the molecule is C#C[C@](COC(=O)OCc1oc(=O)oc1C)(OC)[C@H](Cn1cnc2c(N)nc(I)nc21)OC(=O)OCc1oc(=O)oc1C. The maximum absolute atomic E-state index is 12.8. The molecule has 4 aromatic heterocycles. The summed E-state index contributed by atoms with van der Waals surface area (Å²) >= 11 is 1.86. The Morgan fingerprint density at radius 2 is 1.65 bits per heavy atom. The molecule has 0 saturated carbocycles. The fraction of sp³-hybridized carbons (Fsp3) is 0.375. The van der Waals surface area contributed by atoms with Crippen LogP contribution in [-0.2, 0) is 43.4 Å². The molecule has 43 heavy (non-hydrogen) atoms. The predicted molar refractivity (Wildman–Crippen MR) is 146 cm³/mol. The molecular formula is C24H22IN5O13. The van der Waals surface area contributed by atoms with Crippen LogP contribution in [0.3, 0.4) is 0 Å². The van der Waals surface area contributed by atoms with E-state index in [9.17, 15) is 19.2 Å². The van der Waals surface area contributed by atoms with Crippen molar-refractivity contribution < 1.29 is 50.9 Å². The third kappa shape index (κ3) is 7.15. The van der Waals surface area contributed by atoms with Crippen molar-refractivity contribution in [1.82, 2.24) is 19.5 Å². The standard InChI is InChI=1S/C24H22IN5O13/c1-5-24(35-4,9-38-20(31)36-7-13-11(2)39-22(33)41-13)15(43-21(32)37-8-14-12(3)40-23(34)42-14)6-30-10-27-16-17(26)28-19(25)29-18(16)30/h1,10,15H,6-9H2,2-4H3,(H2,26,28,29)/t15-,24+/m0/s1. The minimum atomic E-state index is -1.93. The molecular weight excluding hydrogens is 693 g/mol. The lowest BCUT2D eigenvalue weighted by atomic mass is 9.97. The second-order valence-corrected chi connectivity index (χ2v) is 9.49. The van der Waals surface area contributed by atoms with Gasteiger partial charge < -0.3 is 51.7 Å². The molecule has 0 aliphatic carbocycles. The number of rotatable bonds is 11. The number of halogens is 1. The second-order valence-electron chi connectivity index (χ2n) is 8.52. The molecule has 0 saturated heterocycles. The Bertz CT molecular complexity index is 1790. The van der Waals surface area contributed by atoms with E-state index in [2.05, 4.69) is 20.9 Å². The van der Waals surface area contributed by atoms with Gasteiger partial charge in [-0.1, -0.05) is 5.92 Å². The van der Waals surface area contributed by atoms with Gasteiger partial charge in [0.1, 0.15) is 12.1 Å². The number of methoxy groups -OCH3 is 1. The maximum atomic E-state index is 12.8. The number of carbonyl (C=O) groups is 2. The normalized spacial score (nSPS) is 13.2. The van der Waals surface area contributed by atoms with Crippen LogP contribution in [0.2, 0.25) is 0 Å². The van der Waals surface area contributed by atoms with Gasteiger partial charge in [0.2, 0.25) is 5.60 Å². The van der Waals surface area contributed by atoms with Gasteiger partial charge in [-0.05, 0) is 13.8 Å². The van der Waals surface area contributed by atoms with Gasteiger partial charge in [-0.25, -0.2) is 34.1 Å². The Labute approximate surface area is 253 Å². The number of anilines is 1. The number of hydrogen-bond acceptors (Lipinski definition) is 17. The quantitative estimate of drug-likeness (QED) is 0.101. The molecule has 4 heterocycles. The van der Waals surface area contributed by atoms with Gasteiger partial charge in [-0.2, -0.15) is 0 Å². The largest absolute Gasteiger partial charge is 0.519 e. The Morgan fingerprint density at radius 1 is 1.05 bits per heavy atom. The molecule has 0 fully saturated rings. The lowest BCUT2D eigenvalue weighted by Crippen LogP contribution is -2.51. The van der Waals surface area contributed by atoms with Gasteiger partial charge in [0.05, 0.1) is 12.9 Å². The van der Waals surface area contributed by atoms with Crippen molar-refractivity contribution in [1.29, 1.82) is 0 Å². The molecule has 0 aliphatic heterocycles. The van der Waals surface area contributed by atoms with Crippen LogP contribution in [0.4, 0.5) is 15.4 Å². The fourth-order valence-corrected chi connectivity index (χ4v) is 4.12. The molecule has 2 atom stereocenters. The molecule has 0 amide bonds. The third-order valence-electron chi connectivity index (χ3n) is 5.91. The first kappa shape index (κ1) is 31.1. The molecule has 0 aliphatic rings.